The van der Waals surface area contributed by atoms with Gasteiger partial charge in [-0.05, 0) is 11.6 Å². The number of halogens is 1. The number of aromatic amines is 2. The second-order valence-electron chi connectivity index (χ2n) is 4.52. The van der Waals surface area contributed by atoms with Crippen molar-refractivity contribution in [2.24, 2.45) is 0 Å². The number of aromatic nitrogens is 2. The Morgan fingerprint density at radius 3 is 2.60 bits per heavy atom. The van der Waals surface area contributed by atoms with Gasteiger partial charge in [0, 0.05) is 17.4 Å². The standard InChI is InChI=1S/C13H10ClN3O3/c14-8-4-2-1-3-6(8)7-5-9(18)15-11-10(7)12(19)17-13(20)16-11/h1-4,7H,5H2,(H3,15,16,17,18,19,20). The van der Waals surface area contributed by atoms with Crippen LogP contribution in [0, 0.1) is 0 Å². The first-order valence-corrected chi connectivity index (χ1v) is 6.35. The molecule has 2 aromatic rings. The van der Waals surface area contributed by atoms with E-state index < -0.39 is 17.2 Å². The minimum Gasteiger partial charge on any atom is -0.312 e. The molecule has 3 rings (SSSR count). The third-order valence-corrected chi connectivity index (χ3v) is 3.61. The fourth-order valence-electron chi connectivity index (χ4n) is 2.43. The van der Waals surface area contributed by atoms with Gasteiger partial charge in [-0.25, -0.2) is 4.79 Å². The zero-order chi connectivity index (χ0) is 14.3. The van der Waals surface area contributed by atoms with E-state index in [1.54, 1.807) is 24.3 Å². The maximum absolute atomic E-state index is 12.0. The van der Waals surface area contributed by atoms with Crippen molar-refractivity contribution in [3.8, 4) is 0 Å². The lowest BCUT2D eigenvalue weighted by molar-refractivity contribution is -0.116. The van der Waals surface area contributed by atoms with Crippen molar-refractivity contribution < 1.29 is 4.79 Å². The van der Waals surface area contributed by atoms with Gasteiger partial charge in [0.2, 0.25) is 5.91 Å². The highest BCUT2D eigenvalue weighted by Gasteiger charge is 2.31. The zero-order valence-corrected chi connectivity index (χ0v) is 11.0. The Kier molecular flexibility index (Phi) is 2.94. The van der Waals surface area contributed by atoms with Crippen LogP contribution in [0.25, 0.3) is 0 Å². The molecule has 0 bridgehead atoms. The lowest BCUT2D eigenvalue weighted by Gasteiger charge is -2.24. The molecule has 1 atom stereocenters. The van der Waals surface area contributed by atoms with Crippen molar-refractivity contribution in [1.82, 2.24) is 9.97 Å². The molecule has 1 aliphatic heterocycles. The maximum Gasteiger partial charge on any atom is 0.327 e. The molecule has 102 valence electrons. The molecule has 3 N–H and O–H groups in total. The highest BCUT2D eigenvalue weighted by molar-refractivity contribution is 6.31. The van der Waals surface area contributed by atoms with Gasteiger partial charge in [0.15, 0.2) is 0 Å². The van der Waals surface area contributed by atoms with E-state index in [1.165, 1.54) is 0 Å². The quantitative estimate of drug-likeness (QED) is 0.736. The Hall–Kier alpha value is -2.34. The first-order valence-electron chi connectivity index (χ1n) is 5.97. The van der Waals surface area contributed by atoms with Gasteiger partial charge in [-0.2, -0.15) is 0 Å². The van der Waals surface area contributed by atoms with Gasteiger partial charge in [0.1, 0.15) is 5.82 Å². The molecule has 0 aliphatic carbocycles. The molecule has 0 saturated heterocycles. The van der Waals surface area contributed by atoms with Gasteiger partial charge in [-0.15, -0.1) is 0 Å². The van der Waals surface area contributed by atoms with Gasteiger partial charge in [-0.1, -0.05) is 29.8 Å². The third kappa shape index (κ3) is 2.04. The molecule has 6 nitrogen and oxygen atoms in total. The Morgan fingerprint density at radius 1 is 1.10 bits per heavy atom. The van der Waals surface area contributed by atoms with Gasteiger partial charge < -0.3 is 5.32 Å². The second kappa shape index (κ2) is 4.64. The first-order chi connectivity index (χ1) is 9.56. The molecule has 7 heteroatoms. The number of benzene rings is 1. The average molecular weight is 292 g/mol. The Labute approximate surface area is 117 Å². The second-order valence-corrected chi connectivity index (χ2v) is 4.93. The molecular formula is C13H10ClN3O3. The van der Waals surface area contributed by atoms with E-state index in [4.69, 9.17) is 11.6 Å². The molecule has 0 radical (unpaired) electrons. The van der Waals surface area contributed by atoms with Crippen molar-refractivity contribution in [2.45, 2.75) is 12.3 Å². The summed E-state index contributed by atoms with van der Waals surface area (Å²) < 4.78 is 0. The van der Waals surface area contributed by atoms with Crippen molar-refractivity contribution in [1.29, 1.82) is 0 Å². The monoisotopic (exact) mass is 291 g/mol. The summed E-state index contributed by atoms with van der Waals surface area (Å²) in [5.41, 5.74) is -0.178. The van der Waals surface area contributed by atoms with E-state index >= 15 is 0 Å². The summed E-state index contributed by atoms with van der Waals surface area (Å²) in [5.74, 6) is -0.614. The van der Waals surface area contributed by atoms with Crippen LogP contribution in [0.2, 0.25) is 5.02 Å². The fraction of sp³-hybridized carbons (Fsp3) is 0.154. The van der Waals surface area contributed by atoms with Crippen LogP contribution in [0.3, 0.4) is 0 Å². The van der Waals surface area contributed by atoms with Crippen molar-refractivity contribution >= 4 is 23.3 Å². The average Bonchev–Trinajstić information content (AvgIpc) is 2.37. The SMILES string of the molecule is O=C1CC(c2ccccc2Cl)c2c([nH]c(=O)[nH]c2=O)N1. The summed E-state index contributed by atoms with van der Waals surface area (Å²) in [5, 5.41) is 2.98. The predicted octanol–water partition coefficient (Wildman–Crippen LogP) is 1.19. The van der Waals surface area contributed by atoms with Gasteiger partial charge in [0.05, 0.1) is 5.56 Å². The van der Waals surface area contributed by atoms with E-state index in [0.717, 1.165) is 0 Å². The summed E-state index contributed by atoms with van der Waals surface area (Å²) in [7, 11) is 0. The fourth-order valence-corrected chi connectivity index (χ4v) is 2.70. The number of carbonyl (C=O) groups is 1. The van der Waals surface area contributed by atoms with E-state index in [-0.39, 0.29) is 18.1 Å². The van der Waals surface area contributed by atoms with E-state index in [1.807, 2.05) is 0 Å². The summed E-state index contributed by atoms with van der Waals surface area (Å²) >= 11 is 6.14. The van der Waals surface area contributed by atoms with Crippen LogP contribution >= 0.6 is 11.6 Å². The van der Waals surface area contributed by atoms with Gasteiger partial charge in [-0.3, -0.25) is 19.6 Å². The lowest BCUT2D eigenvalue weighted by atomic mass is 9.87. The minimum atomic E-state index is -0.658. The molecule has 0 spiro atoms. The zero-order valence-electron chi connectivity index (χ0n) is 10.2. The van der Waals surface area contributed by atoms with Crippen LogP contribution in [-0.4, -0.2) is 15.9 Å². The number of anilines is 1. The maximum atomic E-state index is 12.0. The summed E-state index contributed by atoms with van der Waals surface area (Å²) in [6, 6.07) is 7.02. The smallest absolute Gasteiger partial charge is 0.312 e. The molecule has 1 aliphatic rings. The summed E-state index contributed by atoms with van der Waals surface area (Å²) in [4.78, 5) is 39.7. The van der Waals surface area contributed by atoms with Gasteiger partial charge in [0.25, 0.3) is 5.56 Å². The van der Waals surface area contributed by atoms with Crippen LogP contribution in [0.1, 0.15) is 23.5 Å². The van der Waals surface area contributed by atoms with Crippen LogP contribution in [-0.2, 0) is 4.79 Å². The summed E-state index contributed by atoms with van der Waals surface area (Å²) in [6.45, 7) is 0. The number of H-pyrrole nitrogens is 2. The number of carbonyl (C=O) groups excluding carboxylic acids is 1. The van der Waals surface area contributed by atoms with Gasteiger partial charge >= 0.3 is 5.69 Å². The van der Waals surface area contributed by atoms with Crippen LogP contribution < -0.4 is 16.6 Å². The molecular weight excluding hydrogens is 282 g/mol. The topological polar surface area (TPSA) is 94.8 Å². The molecule has 2 heterocycles. The van der Waals surface area contributed by atoms with E-state index in [0.29, 0.717) is 16.1 Å². The Balaban J connectivity index is 2.26. The Bertz CT molecular complexity index is 809. The number of nitrogens with one attached hydrogen (secondary N) is 3. The molecule has 0 fully saturated rings. The molecule has 20 heavy (non-hydrogen) atoms. The molecule has 1 amide bonds. The van der Waals surface area contributed by atoms with Crippen LogP contribution in [0.15, 0.2) is 33.9 Å². The van der Waals surface area contributed by atoms with E-state index in [9.17, 15) is 14.4 Å². The number of fused-ring (bicyclic) bond motifs is 1. The summed E-state index contributed by atoms with van der Waals surface area (Å²) in [6.07, 6.45) is 0.103. The highest BCUT2D eigenvalue weighted by atomic mass is 35.5. The number of hydrogen-bond acceptors (Lipinski definition) is 3. The number of rotatable bonds is 1. The largest absolute Gasteiger partial charge is 0.327 e. The lowest BCUT2D eigenvalue weighted by Crippen LogP contribution is -2.35. The van der Waals surface area contributed by atoms with Crippen molar-refractivity contribution in [3.05, 3.63) is 61.3 Å². The van der Waals surface area contributed by atoms with Crippen molar-refractivity contribution in [2.75, 3.05) is 5.32 Å². The Morgan fingerprint density at radius 2 is 1.85 bits per heavy atom. The highest BCUT2D eigenvalue weighted by Crippen LogP contribution is 2.36. The normalized spacial score (nSPS) is 17.4. The molecule has 1 aromatic heterocycles. The van der Waals surface area contributed by atoms with Crippen LogP contribution in [0.4, 0.5) is 5.82 Å². The number of amides is 1. The molecule has 1 aromatic carbocycles. The predicted molar refractivity (Wildman–Crippen MR) is 74.2 cm³/mol. The number of hydrogen-bond donors (Lipinski definition) is 3. The van der Waals surface area contributed by atoms with Crippen LogP contribution in [0.5, 0.6) is 0 Å². The third-order valence-electron chi connectivity index (χ3n) is 3.26. The molecule has 0 saturated carbocycles. The van der Waals surface area contributed by atoms with E-state index in [2.05, 4.69) is 15.3 Å². The first kappa shape index (κ1) is 12.7. The molecule has 1 unspecified atom stereocenters. The van der Waals surface area contributed by atoms with Crippen molar-refractivity contribution in [3.63, 3.8) is 0 Å². The minimum absolute atomic E-state index is 0.103.